The fraction of sp³-hybridized carbons (Fsp3) is 0.118. The van der Waals surface area contributed by atoms with Crippen LogP contribution >= 0.6 is 0 Å². The molecule has 3 nitrogen and oxygen atoms in total. The summed E-state index contributed by atoms with van der Waals surface area (Å²) in [6.45, 7) is 2.13. The van der Waals surface area contributed by atoms with Crippen LogP contribution in [0.3, 0.4) is 0 Å². The molecule has 100 valence electrons. The van der Waals surface area contributed by atoms with Crippen molar-refractivity contribution in [1.82, 2.24) is 9.78 Å². The molecule has 1 heterocycles. The lowest BCUT2D eigenvalue weighted by Gasteiger charge is -2.04. The van der Waals surface area contributed by atoms with E-state index < -0.39 is 0 Å². The lowest BCUT2D eigenvalue weighted by Crippen LogP contribution is -1.92. The minimum atomic E-state index is 0.738. The monoisotopic (exact) mass is 264 g/mol. The molecular formula is C17H16N2O. The van der Waals surface area contributed by atoms with E-state index >= 15 is 0 Å². The summed E-state index contributed by atoms with van der Waals surface area (Å²) < 4.78 is 7.64. The molecule has 0 aliphatic heterocycles. The number of para-hydroxylation sites is 1. The van der Waals surface area contributed by atoms with Crippen molar-refractivity contribution < 1.29 is 4.74 Å². The molecule has 0 aliphatic rings. The summed E-state index contributed by atoms with van der Waals surface area (Å²) in [6, 6.07) is 18.1. The van der Waals surface area contributed by atoms with Crippen LogP contribution in [0.4, 0.5) is 0 Å². The molecule has 1 aromatic heterocycles. The van der Waals surface area contributed by atoms with Gasteiger partial charge in [-0.1, -0.05) is 37.3 Å². The van der Waals surface area contributed by atoms with Gasteiger partial charge in [-0.05, 0) is 36.2 Å². The maximum atomic E-state index is 5.84. The second-order valence-electron chi connectivity index (χ2n) is 4.56. The molecule has 0 aliphatic carbocycles. The summed E-state index contributed by atoms with van der Waals surface area (Å²) in [5, 5.41) is 4.32. The zero-order valence-corrected chi connectivity index (χ0v) is 11.4. The number of rotatable bonds is 4. The van der Waals surface area contributed by atoms with Crippen molar-refractivity contribution in [2.24, 2.45) is 0 Å². The molecule has 0 N–H and O–H groups in total. The van der Waals surface area contributed by atoms with Crippen LogP contribution in [-0.4, -0.2) is 9.78 Å². The van der Waals surface area contributed by atoms with Gasteiger partial charge in [-0.15, -0.1) is 0 Å². The maximum absolute atomic E-state index is 5.84. The maximum Gasteiger partial charge on any atom is 0.165 e. The Morgan fingerprint density at radius 3 is 2.65 bits per heavy atom. The molecule has 0 atom stereocenters. The first kappa shape index (κ1) is 12.5. The van der Waals surface area contributed by atoms with Crippen LogP contribution < -0.4 is 4.74 Å². The number of aromatic nitrogens is 2. The average molecular weight is 264 g/mol. The third kappa shape index (κ3) is 2.72. The molecule has 0 saturated heterocycles. The Hall–Kier alpha value is -2.55. The summed E-state index contributed by atoms with van der Waals surface area (Å²) in [5.74, 6) is 1.58. The molecule has 3 aromatic rings. The van der Waals surface area contributed by atoms with Gasteiger partial charge in [-0.3, -0.25) is 0 Å². The molecule has 3 rings (SSSR count). The molecule has 0 saturated carbocycles. The van der Waals surface area contributed by atoms with E-state index in [1.54, 1.807) is 10.9 Å². The largest absolute Gasteiger partial charge is 0.454 e. The van der Waals surface area contributed by atoms with E-state index in [0.29, 0.717) is 0 Å². The number of benzene rings is 2. The van der Waals surface area contributed by atoms with Crippen molar-refractivity contribution in [3.8, 4) is 17.2 Å². The molecule has 0 fully saturated rings. The highest BCUT2D eigenvalue weighted by Gasteiger charge is 2.03. The van der Waals surface area contributed by atoms with Gasteiger partial charge < -0.3 is 4.74 Å². The van der Waals surface area contributed by atoms with Crippen LogP contribution in [0.1, 0.15) is 12.5 Å². The number of hydrogen-bond acceptors (Lipinski definition) is 2. The van der Waals surface area contributed by atoms with Crippen molar-refractivity contribution in [1.29, 1.82) is 0 Å². The summed E-state index contributed by atoms with van der Waals surface area (Å²) in [6.07, 6.45) is 4.61. The van der Waals surface area contributed by atoms with Gasteiger partial charge in [0.05, 0.1) is 18.1 Å². The zero-order valence-electron chi connectivity index (χ0n) is 11.4. The third-order valence-electron chi connectivity index (χ3n) is 3.12. The van der Waals surface area contributed by atoms with Crippen molar-refractivity contribution in [2.75, 3.05) is 0 Å². The Kier molecular flexibility index (Phi) is 3.50. The predicted molar refractivity (Wildman–Crippen MR) is 79.5 cm³/mol. The van der Waals surface area contributed by atoms with Gasteiger partial charge in [-0.25, -0.2) is 4.68 Å². The highest BCUT2D eigenvalue weighted by Crippen LogP contribution is 2.22. The van der Waals surface area contributed by atoms with Gasteiger partial charge in [0.1, 0.15) is 5.75 Å². The quantitative estimate of drug-likeness (QED) is 0.705. The Bertz CT molecular complexity index is 689. The lowest BCUT2D eigenvalue weighted by atomic mass is 10.2. The Morgan fingerprint density at radius 2 is 1.85 bits per heavy atom. The van der Waals surface area contributed by atoms with Gasteiger partial charge in [0, 0.05) is 0 Å². The number of hydrogen-bond donors (Lipinski definition) is 0. The number of ether oxygens (including phenoxy) is 1. The van der Waals surface area contributed by atoms with Crippen LogP contribution in [0, 0.1) is 0 Å². The summed E-state index contributed by atoms with van der Waals surface area (Å²) >= 11 is 0. The van der Waals surface area contributed by atoms with E-state index in [1.165, 1.54) is 5.56 Å². The van der Waals surface area contributed by atoms with E-state index in [0.717, 1.165) is 23.6 Å². The van der Waals surface area contributed by atoms with E-state index in [4.69, 9.17) is 4.74 Å². The molecule has 20 heavy (non-hydrogen) atoms. The molecule has 0 unspecified atom stereocenters. The van der Waals surface area contributed by atoms with Gasteiger partial charge in [-0.2, -0.15) is 5.10 Å². The Balaban J connectivity index is 1.80. The van der Waals surface area contributed by atoms with Crippen LogP contribution in [0.25, 0.3) is 5.69 Å². The SMILES string of the molecule is CCc1cccc(Oc2cnn(-c3ccccc3)c2)c1. The fourth-order valence-corrected chi connectivity index (χ4v) is 2.05. The lowest BCUT2D eigenvalue weighted by molar-refractivity contribution is 0.482. The third-order valence-corrected chi connectivity index (χ3v) is 3.12. The van der Waals surface area contributed by atoms with E-state index in [1.807, 2.05) is 48.7 Å². The van der Waals surface area contributed by atoms with Crippen LogP contribution in [-0.2, 0) is 6.42 Å². The first-order valence-corrected chi connectivity index (χ1v) is 6.72. The molecule has 3 heteroatoms. The van der Waals surface area contributed by atoms with Crippen LogP contribution in [0.15, 0.2) is 67.0 Å². The minimum absolute atomic E-state index is 0.738. The first-order valence-electron chi connectivity index (χ1n) is 6.72. The van der Waals surface area contributed by atoms with Crippen molar-refractivity contribution in [2.45, 2.75) is 13.3 Å². The second kappa shape index (κ2) is 5.61. The number of aryl methyl sites for hydroxylation is 1. The van der Waals surface area contributed by atoms with Gasteiger partial charge in [0.2, 0.25) is 0 Å². The molecule has 0 spiro atoms. The summed E-state index contributed by atoms with van der Waals surface area (Å²) in [5.41, 5.74) is 2.28. The van der Waals surface area contributed by atoms with Crippen molar-refractivity contribution >= 4 is 0 Å². The normalized spacial score (nSPS) is 10.4. The molecule has 2 aromatic carbocycles. The average Bonchev–Trinajstić information content (AvgIpc) is 2.97. The van der Waals surface area contributed by atoms with Crippen LogP contribution in [0.5, 0.6) is 11.5 Å². The first-order chi connectivity index (χ1) is 9.85. The summed E-state index contributed by atoms with van der Waals surface area (Å²) in [4.78, 5) is 0. The Morgan fingerprint density at radius 1 is 1.00 bits per heavy atom. The van der Waals surface area contributed by atoms with Gasteiger partial charge in [0.15, 0.2) is 5.75 Å². The second-order valence-corrected chi connectivity index (χ2v) is 4.56. The van der Waals surface area contributed by atoms with E-state index in [-0.39, 0.29) is 0 Å². The zero-order chi connectivity index (χ0) is 13.8. The van der Waals surface area contributed by atoms with Gasteiger partial charge in [0.25, 0.3) is 0 Å². The van der Waals surface area contributed by atoms with Crippen LogP contribution in [0.2, 0.25) is 0 Å². The van der Waals surface area contributed by atoms with Crippen molar-refractivity contribution in [3.63, 3.8) is 0 Å². The van der Waals surface area contributed by atoms with Crippen molar-refractivity contribution in [3.05, 3.63) is 72.6 Å². The standard InChI is InChI=1S/C17H16N2O/c1-2-14-7-6-10-16(11-14)20-17-12-18-19(13-17)15-8-4-3-5-9-15/h3-13H,2H2,1H3. The smallest absolute Gasteiger partial charge is 0.165 e. The van der Waals surface area contributed by atoms with Gasteiger partial charge >= 0.3 is 0 Å². The highest BCUT2D eigenvalue weighted by atomic mass is 16.5. The van der Waals surface area contributed by atoms with E-state index in [2.05, 4.69) is 24.2 Å². The topological polar surface area (TPSA) is 27.1 Å². The minimum Gasteiger partial charge on any atom is -0.454 e. The van der Waals surface area contributed by atoms with E-state index in [9.17, 15) is 0 Å². The molecular weight excluding hydrogens is 248 g/mol. The predicted octanol–water partition coefficient (Wildman–Crippen LogP) is 4.23. The Labute approximate surface area is 118 Å². The summed E-state index contributed by atoms with van der Waals surface area (Å²) in [7, 11) is 0. The molecule has 0 amide bonds. The highest BCUT2D eigenvalue weighted by molar-refractivity contribution is 5.35. The molecule has 0 bridgehead atoms. The number of nitrogens with zero attached hydrogens (tertiary/aromatic N) is 2. The molecule has 0 radical (unpaired) electrons. The fourth-order valence-electron chi connectivity index (χ4n) is 2.05.